The van der Waals surface area contributed by atoms with Crippen molar-refractivity contribution in [3.8, 4) is 11.5 Å². The number of aliphatic hydroxyl groups excluding tert-OH is 1. The number of rotatable bonds is 8. The molecule has 0 saturated carbocycles. The van der Waals surface area contributed by atoms with Crippen LogP contribution < -0.4 is 14.4 Å². The van der Waals surface area contributed by atoms with Gasteiger partial charge in [0.1, 0.15) is 19.0 Å². The molecule has 0 aliphatic carbocycles. The van der Waals surface area contributed by atoms with Gasteiger partial charge in [0.25, 0.3) is 11.7 Å². The van der Waals surface area contributed by atoms with Crippen LogP contribution in [0.2, 0.25) is 0 Å². The number of carbonyl (C=O) groups is 2. The molecule has 1 fully saturated rings. The van der Waals surface area contributed by atoms with E-state index in [1.54, 1.807) is 23.1 Å². The molecular weight excluding hydrogens is 446 g/mol. The number of carbonyl (C=O) groups excluding carboxylic acids is 2. The first-order chi connectivity index (χ1) is 16.8. The molecule has 0 radical (unpaired) electrons. The average Bonchev–Trinajstić information content (AvgIpc) is 3.13. The fraction of sp³-hybridized carbons (Fsp3) is 0.407. The third-order valence-electron chi connectivity index (χ3n) is 6.63. The fourth-order valence-corrected chi connectivity index (χ4v) is 4.55. The third kappa shape index (κ3) is 4.84. The fourth-order valence-electron chi connectivity index (χ4n) is 4.55. The van der Waals surface area contributed by atoms with Crippen molar-refractivity contribution in [3.63, 3.8) is 0 Å². The van der Waals surface area contributed by atoms with Crippen LogP contribution in [0.25, 0.3) is 5.76 Å². The molecule has 8 nitrogen and oxygen atoms in total. The molecule has 0 spiro atoms. The number of hydrogen-bond acceptors (Lipinski definition) is 7. The number of likely N-dealkylation sites (tertiary alicyclic amines) is 1. The number of Topliss-reactive ketones (excluding diaryl/α,β-unsaturated/α-hetero) is 1. The molecule has 8 heteroatoms. The molecule has 2 heterocycles. The molecule has 1 atom stereocenters. The molecule has 186 valence electrons. The standard InChI is InChI=1S/C27H33N3O5/c1-5-29(6-2)13-14-30-24(18-7-10-20(11-8-18)28(3)4)23(26(32)27(30)33)25(31)19-9-12-21-22(17-19)35-16-15-34-21/h7-12,17,24,31H,5-6,13-16H2,1-4H3/b25-23+. The number of aliphatic hydroxyl groups is 1. The Morgan fingerprint density at radius 3 is 2.29 bits per heavy atom. The number of ether oxygens (including phenoxy) is 2. The summed E-state index contributed by atoms with van der Waals surface area (Å²) < 4.78 is 11.2. The van der Waals surface area contributed by atoms with Crippen LogP contribution in [-0.4, -0.2) is 80.1 Å². The molecule has 2 aromatic rings. The van der Waals surface area contributed by atoms with Gasteiger partial charge >= 0.3 is 0 Å². The number of anilines is 1. The van der Waals surface area contributed by atoms with Crippen LogP contribution >= 0.6 is 0 Å². The quantitative estimate of drug-likeness (QED) is 0.353. The van der Waals surface area contributed by atoms with E-state index in [4.69, 9.17) is 9.47 Å². The van der Waals surface area contributed by atoms with Crippen LogP contribution in [0.1, 0.15) is 31.0 Å². The van der Waals surface area contributed by atoms with Gasteiger partial charge in [-0.05, 0) is 49.0 Å². The first kappa shape index (κ1) is 24.6. The maximum atomic E-state index is 13.3. The molecule has 1 amide bonds. The summed E-state index contributed by atoms with van der Waals surface area (Å²) >= 11 is 0. The number of likely N-dealkylation sites (N-methyl/N-ethyl adjacent to an activating group) is 1. The van der Waals surface area contributed by atoms with Gasteiger partial charge in [-0.25, -0.2) is 0 Å². The van der Waals surface area contributed by atoms with E-state index in [9.17, 15) is 14.7 Å². The highest BCUT2D eigenvalue weighted by Gasteiger charge is 2.46. The van der Waals surface area contributed by atoms with Gasteiger partial charge in [-0.1, -0.05) is 26.0 Å². The van der Waals surface area contributed by atoms with E-state index in [1.165, 1.54) is 0 Å². The number of nitrogens with zero attached hydrogens (tertiary/aromatic N) is 3. The lowest BCUT2D eigenvalue weighted by Gasteiger charge is -2.28. The zero-order chi connectivity index (χ0) is 25.1. The van der Waals surface area contributed by atoms with E-state index in [1.807, 2.05) is 43.3 Å². The SMILES string of the molecule is CCN(CC)CCN1C(=O)C(=O)/C(=C(/O)c2ccc3c(c2)OCCO3)C1c1ccc(N(C)C)cc1. The monoisotopic (exact) mass is 479 g/mol. The lowest BCUT2D eigenvalue weighted by Crippen LogP contribution is -2.38. The van der Waals surface area contributed by atoms with Gasteiger partial charge in [0.05, 0.1) is 11.6 Å². The van der Waals surface area contributed by atoms with Crippen molar-refractivity contribution < 1.29 is 24.2 Å². The van der Waals surface area contributed by atoms with Crippen molar-refractivity contribution in [1.82, 2.24) is 9.80 Å². The van der Waals surface area contributed by atoms with E-state index in [2.05, 4.69) is 18.7 Å². The molecule has 35 heavy (non-hydrogen) atoms. The van der Waals surface area contributed by atoms with Gasteiger partial charge in [-0.3, -0.25) is 9.59 Å². The molecule has 4 rings (SSSR count). The van der Waals surface area contributed by atoms with E-state index in [0.717, 1.165) is 24.3 Å². The molecule has 0 aromatic heterocycles. The summed E-state index contributed by atoms with van der Waals surface area (Å²) in [4.78, 5) is 32.2. The normalized spacial score (nSPS) is 18.9. The molecule has 1 N–H and O–H groups in total. The van der Waals surface area contributed by atoms with E-state index in [0.29, 0.717) is 43.4 Å². The minimum absolute atomic E-state index is 0.0869. The second-order valence-electron chi connectivity index (χ2n) is 8.86. The van der Waals surface area contributed by atoms with Crippen LogP contribution in [0.3, 0.4) is 0 Å². The smallest absolute Gasteiger partial charge is 0.295 e. The van der Waals surface area contributed by atoms with Crippen LogP contribution in [-0.2, 0) is 9.59 Å². The van der Waals surface area contributed by atoms with Gasteiger partial charge in [0.2, 0.25) is 0 Å². The van der Waals surface area contributed by atoms with Gasteiger partial charge in [-0.2, -0.15) is 0 Å². The number of fused-ring (bicyclic) bond motifs is 1. The second kappa shape index (κ2) is 10.4. The summed E-state index contributed by atoms with van der Waals surface area (Å²) in [6, 6.07) is 12.1. The number of ketones is 1. The van der Waals surface area contributed by atoms with Crippen LogP contribution in [0.4, 0.5) is 5.69 Å². The van der Waals surface area contributed by atoms with Crippen LogP contribution in [0.15, 0.2) is 48.0 Å². The minimum atomic E-state index is -0.685. The molecule has 2 aliphatic rings. The van der Waals surface area contributed by atoms with Crippen molar-refractivity contribution in [2.24, 2.45) is 0 Å². The topological polar surface area (TPSA) is 82.6 Å². The van der Waals surface area contributed by atoms with E-state index in [-0.39, 0.29) is 11.3 Å². The summed E-state index contributed by atoms with van der Waals surface area (Å²) in [6.45, 7) is 7.71. The Labute approximate surface area is 206 Å². The Morgan fingerprint density at radius 1 is 1.00 bits per heavy atom. The Bertz CT molecular complexity index is 1120. The van der Waals surface area contributed by atoms with Gasteiger partial charge < -0.3 is 29.3 Å². The molecule has 1 saturated heterocycles. The first-order valence-electron chi connectivity index (χ1n) is 12.0. The Morgan fingerprint density at radius 2 is 1.66 bits per heavy atom. The summed E-state index contributed by atoms with van der Waals surface area (Å²) in [5, 5.41) is 11.3. The predicted octanol–water partition coefficient (Wildman–Crippen LogP) is 3.29. The molecule has 0 bridgehead atoms. The zero-order valence-electron chi connectivity index (χ0n) is 20.8. The number of hydrogen-bond donors (Lipinski definition) is 1. The zero-order valence-corrected chi connectivity index (χ0v) is 20.8. The lowest BCUT2D eigenvalue weighted by atomic mass is 9.95. The summed E-state index contributed by atoms with van der Waals surface area (Å²) in [6.07, 6.45) is 0. The Balaban J connectivity index is 1.78. The first-order valence-corrected chi connectivity index (χ1v) is 12.0. The van der Waals surface area contributed by atoms with Crippen molar-refractivity contribution >= 4 is 23.1 Å². The van der Waals surface area contributed by atoms with Crippen molar-refractivity contribution in [2.75, 3.05) is 58.4 Å². The van der Waals surface area contributed by atoms with Crippen molar-refractivity contribution in [1.29, 1.82) is 0 Å². The maximum absolute atomic E-state index is 13.3. The Hall–Kier alpha value is -3.52. The lowest BCUT2D eigenvalue weighted by molar-refractivity contribution is -0.140. The van der Waals surface area contributed by atoms with E-state index >= 15 is 0 Å². The predicted molar refractivity (Wildman–Crippen MR) is 135 cm³/mol. The number of amides is 1. The molecule has 2 aromatic carbocycles. The highest BCUT2D eigenvalue weighted by molar-refractivity contribution is 6.46. The third-order valence-corrected chi connectivity index (χ3v) is 6.63. The molecule has 1 unspecified atom stereocenters. The summed E-state index contributed by atoms with van der Waals surface area (Å²) in [7, 11) is 3.90. The van der Waals surface area contributed by atoms with Gasteiger partial charge in [-0.15, -0.1) is 0 Å². The number of benzene rings is 2. The van der Waals surface area contributed by atoms with Gasteiger partial charge in [0.15, 0.2) is 11.5 Å². The summed E-state index contributed by atoms with van der Waals surface area (Å²) in [5.74, 6) is -0.407. The highest BCUT2D eigenvalue weighted by Crippen LogP contribution is 2.41. The van der Waals surface area contributed by atoms with Crippen LogP contribution in [0, 0.1) is 0 Å². The molecular formula is C27H33N3O5. The van der Waals surface area contributed by atoms with Gasteiger partial charge in [0, 0.05) is 38.4 Å². The maximum Gasteiger partial charge on any atom is 0.295 e. The molecule has 2 aliphatic heterocycles. The highest BCUT2D eigenvalue weighted by atomic mass is 16.6. The minimum Gasteiger partial charge on any atom is -0.507 e. The van der Waals surface area contributed by atoms with Crippen molar-refractivity contribution in [3.05, 3.63) is 59.2 Å². The second-order valence-corrected chi connectivity index (χ2v) is 8.86. The largest absolute Gasteiger partial charge is 0.507 e. The summed E-state index contributed by atoms with van der Waals surface area (Å²) in [5.41, 5.74) is 2.27. The average molecular weight is 480 g/mol. The van der Waals surface area contributed by atoms with Crippen LogP contribution in [0.5, 0.6) is 11.5 Å². The van der Waals surface area contributed by atoms with E-state index < -0.39 is 17.7 Å². The Kier molecular flexibility index (Phi) is 7.31. The van der Waals surface area contributed by atoms with Crippen molar-refractivity contribution in [2.45, 2.75) is 19.9 Å².